The van der Waals surface area contributed by atoms with Crippen molar-refractivity contribution < 1.29 is 4.42 Å². The van der Waals surface area contributed by atoms with E-state index in [0.717, 1.165) is 92.9 Å². The summed E-state index contributed by atoms with van der Waals surface area (Å²) in [6.07, 6.45) is 0. The molecule has 0 N–H and O–H groups in total. The number of thiophene rings is 1. The fourth-order valence-corrected chi connectivity index (χ4v) is 12.1. The highest BCUT2D eigenvalue weighted by Gasteiger charge is 2.26. The standard InChI is InChI=1S/C61H35N5OS/c1-2-18-38(19-3-1)65-48-27-11-7-22-42(48)55-44(24-14-28-49(55)65)59-62-60(45-25-15-30-53-56(45)43-23-8-12-29-52(43)67-53)64-61(63-59)57-50(33-32-41-40-21-9-13-31-54(40)68-58(41)57)66-47-26-10-6-20-39(47)46-34-36-16-4-5-17-37(36)35-51(46)66/h1-35H. The lowest BCUT2D eigenvalue weighted by molar-refractivity contribution is 0.669. The molecule has 0 bridgehead atoms. The van der Waals surface area contributed by atoms with Crippen molar-refractivity contribution in [2.24, 2.45) is 0 Å². The number of aromatic nitrogens is 5. The van der Waals surface area contributed by atoms with Crippen molar-refractivity contribution in [1.82, 2.24) is 24.1 Å². The molecule has 0 aliphatic heterocycles. The second-order valence-electron chi connectivity index (χ2n) is 17.5. The molecule has 5 aromatic heterocycles. The number of hydrogen-bond donors (Lipinski definition) is 0. The highest BCUT2D eigenvalue weighted by atomic mass is 32.1. The molecular weight excluding hydrogens is 851 g/mol. The molecule has 0 saturated carbocycles. The van der Waals surface area contributed by atoms with Crippen LogP contribution in [0, 0.1) is 0 Å². The molecule has 15 aromatic rings. The average Bonchev–Trinajstić information content (AvgIpc) is 4.15. The molecule has 0 saturated heterocycles. The number of para-hydroxylation sites is 4. The van der Waals surface area contributed by atoms with Gasteiger partial charge in [0, 0.05) is 69.3 Å². The van der Waals surface area contributed by atoms with Crippen molar-refractivity contribution in [3.05, 3.63) is 212 Å². The fraction of sp³-hybridized carbons (Fsp3) is 0. The molecule has 7 heteroatoms. The quantitative estimate of drug-likeness (QED) is 0.173. The monoisotopic (exact) mass is 885 g/mol. The van der Waals surface area contributed by atoms with E-state index in [9.17, 15) is 0 Å². The van der Waals surface area contributed by atoms with Gasteiger partial charge in [-0.2, -0.15) is 0 Å². The van der Waals surface area contributed by atoms with Gasteiger partial charge in [0.1, 0.15) is 11.2 Å². The molecule has 0 amide bonds. The smallest absolute Gasteiger partial charge is 0.167 e. The van der Waals surface area contributed by atoms with Crippen LogP contribution in [0.1, 0.15) is 0 Å². The third kappa shape index (κ3) is 5.36. The molecule has 0 radical (unpaired) electrons. The first-order valence-electron chi connectivity index (χ1n) is 22.9. The molecule has 10 aromatic carbocycles. The molecule has 0 aliphatic rings. The second kappa shape index (κ2) is 14.3. The van der Waals surface area contributed by atoms with Crippen molar-refractivity contribution in [1.29, 1.82) is 0 Å². The summed E-state index contributed by atoms with van der Waals surface area (Å²) in [5.41, 5.74) is 10.9. The van der Waals surface area contributed by atoms with E-state index in [0.29, 0.717) is 17.5 Å². The molecule has 0 atom stereocenters. The molecule has 15 rings (SSSR count). The van der Waals surface area contributed by atoms with Crippen LogP contribution in [-0.4, -0.2) is 24.1 Å². The highest BCUT2D eigenvalue weighted by molar-refractivity contribution is 7.26. The van der Waals surface area contributed by atoms with Crippen molar-refractivity contribution in [2.75, 3.05) is 0 Å². The molecule has 0 spiro atoms. The molecule has 0 unspecified atom stereocenters. The van der Waals surface area contributed by atoms with E-state index in [-0.39, 0.29) is 0 Å². The maximum Gasteiger partial charge on any atom is 0.167 e. The molecular formula is C61H35N5OS. The average molecular weight is 886 g/mol. The maximum absolute atomic E-state index is 6.49. The van der Waals surface area contributed by atoms with Gasteiger partial charge in [0.05, 0.1) is 33.3 Å². The van der Waals surface area contributed by atoms with E-state index in [1.54, 1.807) is 11.3 Å². The lowest BCUT2D eigenvalue weighted by Gasteiger charge is -2.16. The van der Waals surface area contributed by atoms with Crippen LogP contribution in [0.25, 0.3) is 142 Å². The Bertz CT molecular complexity index is 4580. The van der Waals surface area contributed by atoms with Gasteiger partial charge in [0.15, 0.2) is 17.5 Å². The first-order chi connectivity index (χ1) is 33.7. The van der Waals surface area contributed by atoms with Gasteiger partial charge in [0.2, 0.25) is 0 Å². The van der Waals surface area contributed by atoms with E-state index in [1.807, 2.05) is 24.3 Å². The van der Waals surface area contributed by atoms with Crippen molar-refractivity contribution in [3.8, 4) is 45.5 Å². The van der Waals surface area contributed by atoms with E-state index >= 15 is 0 Å². The molecule has 5 heterocycles. The van der Waals surface area contributed by atoms with Gasteiger partial charge >= 0.3 is 0 Å². The van der Waals surface area contributed by atoms with E-state index in [2.05, 4.69) is 197 Å². The molecule has 6 nitrogen and oxygen atoms in total. The highest BCUT2D eigenvalue weighted by Crippen LogP contribution is 2.47. The van der Waals surface area contributed by atoms with Crippen LogP contribution < -0.4 is 0 Å². The van der Waals surface area contributed by atoms with Crippen LogP contribution in [0.3, 0.4) is 0 Å². The Morgan fingerprint density at radius 2 is 0.971 bits per heavy atom. The summed E-state index contributed by atoms with van der Waals surface area (Å²) in [6.45, 7) is 0. The maximum atomic E-state index is 6.49. The zero-order chi connectivity index (χ0) is 44.5. The largest absolute Gasteiger partial charge is 0.456 e. The van der Waals surface area contributed by atoms with Gasteiger partial charge in [-0.15, -0.1) is 11.3 Å². The summed E-state index contributed by atoms with van der Waals surface area (Å²) in [6, 6.07) is 75.4. The van der Waals surface area contributed by atoms with Gasteiger partial charge in [-0.25, -0.2) is 15.0 Å². The summed E-state index contributed by atoms with van der Waals surface area (Å²) in [7, 11) is 0. The number of furan rings is 1. The summed E-state index contributed by atoms with van der Waals surface area (Å²) >= 11 is 1.79. The number of benzene rings is 10. The van der Waals surface area contributed by atoms with Gasteiger partial charge < -0.3 is 13.6 Å². The Hall–Kier alpha value is -8.91. The van der Waals surface area contributed by atoms with Crippen LogP contribution in [-0.2, 0) is 0 Å². The Labute approximate surface area is 392 Å². The van der Waals surface area contributed by atoms with Gasteiger partial charge in [-0.3, -0.25) is 0 Å². The van der Waals surface area contributed by atoms with E-state index < -0.39 is 0 Å². The third-order valence-electron chi connectivity index (χ3n) is 13.8. The van der Waals surface area contributed by atoms with E-state index in [1.165, 1.54) is 31.6 Å². The minimum Gasteiger partial charge on any atom is -0.456 e. The van der Waals surface area contributed by atoms with E-state index in [4.69, 9.17) is 19.4 Å². The van der Waals surface area contributed by atoms with Crippen molar-refractivity contribution in [3.63, 3.8) is 0 Å². The zero-order valence-corrected chi connectivity index (χ0v) is 37.1. The second-order valence-corrected chi connectivity index (χ2v) is 18.5. The number of rotatable bonds is 5. The van der Waals surface area contributed by atoms with Gasteiger partial charge in [0.25, 0.3) is 0 Å². The Balaban J connectivity index is 1.10. The lowest BCUT2D eigenvalue weighted by Crippen LogP contribution is -2.04. The molecule has 68 heavy (non-hydrogen) atoms. The SMILES string of the molecule is c1ccc(-n2c3ccccc3c3c(-c4nc(-c5c(-n6c7ccccc7c7cc8ccccc8cc76)ccc6c5sc5ccccc56)nc(-c5cccc6oc7ccccc7c56)n4)cccc32)cc1. The number of fused-ring (bicyclic) bond motifs is 13. The van der Waals surface area contributed by atoms with Crippen LogP contribution >= 0.6 is 11.3 Å². The van der Waals surface area contributed by atoms with Crippen LogP contribution in [0.5, 0.6) is 0 Å². The summed E-state index contributed by atoms with van der Waals surface area (Å²) < 4.78 is 13.6. The third-order valence-corrected chi connectivity index (χ3v) is 15.0. The molecule has 0 aliphatic carbocycles. The topological polar surface area (TPSA) is 61.7 Å². The predicted octanol–water partition coefficient (Wildman–Crippen LogP) is 16.5. The number of hydrogen-bond acceptors (Lipinski definition) is 5. The Morgan fingerprint density at radius 3 is 1.79 bits per heavy atom. The zero-order valence-electron chi connectivity index (χ0n) is 36.3. The summed E-state index contributed by atoms with van der Waals surface area (Å²) in [5.74, 6) is 1.76. The normalized spacial score (nSPS) is 12.1. The minimum absolute atomic E-state index is 0.572. The van der Waals surface area contributed by atoms with Crippen molar-refractivity contribution in [2.45, 2.75) is 0 Å². The summed E-state index contributed by atoms with van der Waals surface area (Å²) in [4.78, 5) is 16.9. The van der Waals surface area contributed by atoms with Gasteiger partial charge in [-0.1, -0.05) is 146 Å². The Kier molecular flexibility index (Phi) is 7.85. The molecule has 0 fully saturated rings. The Morgan fingerprint density at radius 1 is 0.368 bits per heavy atom. The number of nitrogens with zero attached hydrogens (tertiary/aromatic N) is 5. The fourth-order valence-electron chi connectivity index (χ4n) is 10.8. The summed E-state index contributed by atoms with van der Waals surface area (Å²) in [5, 5.41) is 11.3. The van der Waals surface area contributed by atoms with Gasteiger partial charge in [-0.05, 0) is 77.5 Å². The van der Waals surface area contributed by atoms with Crippen LogP contribution in [0.4, 0.5) is 0 Å². The minimum atomic E-state index is 0.572. The predicted molar refractivity (Wildman–Crippen MR) is 282 cm³/mol. The molecule has 316 valence electrons. The first-order valence-corrected chi connectivity index (χ1v) is 23.7. The first kappa shape index (κ1) is 37.3. The van der Waals surface area contributed by atoms with Crippen LogP contribution in [0.2, 0.25) is 0 Å². The lowest BCUT2D eigenvalue weighted by atomic mass is 10.0. The van der Waals surface area contributed by atoms with Crippen molar-refractivity contribution >= 4 is 108 Å². The van der Waals surface area contributed by atoms with Crippen LogP contribution in [0.15, 0.2) is 217 Å².